The molecule has 164 valence electrons. The van der Waals surface area contributed by atoms with Crippen molar-refractivity contribution in [2.24, 2.45) is 5.92 Å². The fourth-order valence-electron chi connectivity index (χ4n) is 3.72. The number of benzene rings is 1. The van der Waals surface area contributed by atoms with Crippen LogP contribution in [-0.2, 0) is 4.79 Å². The summed E-state index contributed by atoms with van der Waals surface area (Å²) in [6, 6.07) is 3.48. The van der Waals surface area contributed by atoms with Crippen LogP contribution in [0.2, 0.25) is 0 Å². The Hall–Kier alpha value is -2.23. The smallest absolute Gasteiger partial charge is 0.419 e. The van der Waals surface area contributed by atoms with Crippen LogP contribution in [0.3, 0.4) is 0 Å². The topological polar surface area (TPSA) is 67.4 Å². The van der Waals surface area contributed by atoms with Gasteiger partial charge in [-0.25, -0.2) is 13.6 Å². The largest absolute Gasteiger partial charge is 0.491 e. The highest BCUT2D eigenvalue weighted by atomic mass is 19.4. The van der Waals surface area contributed by atoms with E-state index in [0.29, 0.717) is 17.9 Å². The van der Waals surface area contributed by atoms with Crippen molar-refractivity contribution in [3.05, 3.63) is 29.3 Å². The number of esters is 1. The van der Waals surface area contributed by atoms with Gasteiger partial charge in [-0.1, -0.05) is 12.1 Å². The van der Waals surface area contributed by atoms with Gasteiger partial charge in [0.1, 0.15) is 5.75 Å². The Labute approximate surface area is 169 Å². The molecule has 3 aliphatic carbocycles. The van der Waals surface area contributed by atoms with Gasteiger partial charge in [0, 0.05) is 36.4 Å². The molecule has 3 saturated carbocycles. The third-order valence-electron chi connectivity index (χ3n) is 5.70. The predicted molar refractivity (Wildman–Crippen MR) is 95.4 cm³/mol. The molecule has 1 aromatic rings. The average molecular weight is 432 g/mol. The number of ether oxygens (including phenoxy) is 1. The number of alkyl halides is 5. The minimum absolute atomic E-state index is 0.0255. The summed E-state index contributed by atoms with van der Waals surface area (Å²) in [5.74, 6) is -6.16. The molecule has 0 heterocycles. The summed E-state index contributed by atoms with van der Waals surface area (Å²) in [7, 11) is 0. The van der Waals surface area contributed by atoms with Crippen molar-refractivity contribution in [1.82, 2.24) is 10.6 Å². The molecule has 30 heavy (non-hydrogen) atoms. The number of carbonyl (C=O) groups is 2. The first-order valence-corrected chi connectivity index (χ1v) is 9.87. The molecule has 0 saturated heterocycles. The minimum atomic E-state index is -5.23. The maximum absolute atomic E-state index is 13.0. The van der Waals surface area contributed by atoms with Crippen molar-refractivity contribution in [2.75, 3.05) is 6.54 Å². The van der Waals surface area contributed by atoms with Crippen molar-refractivity contribution < 1.29 is 36.3 Å². The van der Waals surface area contributed by atoms with Gasteiger partial charge in [-0.2, -0.15) is 13.2 Å². The molecule has 2 N–H and O–H groups in total. The fraction of sp³-hybridized carbons (Fsp3) is 0.600. The molecule has 0 bridgehead atoms. The number of hydrogen-bond acceptors (Lipinski definition) is 4. The molecule has 2 unspecified atom stereocenters. The summed E-state index contributed by atoms with van der Waals surface area (Å²) in [5.41, 5.74) is 0.0562. The van der Waals surface area contributed by atoms with Crippen LogP contribution in [0.25, 0.3) is 0 Å². The van der Waals surface area contributed by atoms with Crippen LogP contribution in [0.4, 0.5) is 22.0 Å². The standard InChI is InChI=1S/C20H21F5N2O3/c21-19(22)7-11(8-19)27-17(28)13-3-1-2-12(16(13)30-18(29)20(23,24)25)14-6-15(14)26-9-10-4-5-10/h1-3,10-11,14-15,26H,4-9H2,(H,27,28). The molecule has 10 heteroatoms. The third-order valence-corrected chi connectivity index (χ3v) is 5.70. The first-order chi connectivity index (χ1) is 14.0. The van der Waals surface area contributed by atoms with Crippen molar-refractivity contribution in [1.29, 1.82) is 0 Å². The van der Waals surface area contributed by atoms with Crippen LogP contribution < -0.4 is 15.4 Å². The van der Waals surface area contributed by atoms with Gasteiger partial charge in [0.15, 0.2) is 0 Å². The summed E-state index contributed by atoms with van der Waals surface area (Å²) in [6.45, 7) is 0.814. The van der Waals surface area contributed by atoms with Crippen molar-refractivity contribution in [3.63, 3.8) is 0 Å². The Morgan fingerprint density at radius 3 is 2.47 bits per heavy atom. The molecule has 4 rings (SSSR count). The summed E-state index contributed by atoms with van der Waals surface area (Å²) < 4.78 is 69.1. The van der Waals surface area contributed by atoms with E-state index in [1.165, 1.54) is 18.2 Å². The maximum Gasteiger partial charge on any atom is 0.491 e. The highest BCUT2D eigenvalue weighted by Crippen LogP contribution is 2.47. The lowest BCUT2D eigenvalue weighted by molar-refractivity contribution is -0.189. The van der Waals surface area contributed by atoms with Crippen LogP contribution in [0.15, 0.2) is 18.2 Å². The van der Waals surface area contributed by atoms with Crippen LogP contribution in [-0.4, -0.2) is 42.6 Å². The lowest BCUT2D eigenvalue weighted by Crippen LogP contribution is -2.50. The summed E-state index contributed by atoms with van der Waals surface area (Å²) in [4.78, 5) is 24.1. The summed E-state index contributed by atoms with van der Waals surface area (Å²) in [6.07, 6.45) is -3.37. The maximum atomic E-state index is 13.0. The second kappa shape index (κ2) is 7.47. The summed E-state index contributed by atoms with van der Waals surface area (Å²) >= 11 is 0. The van der Waals surface area contributed by atoms with E-state index >= 15 is 0 Å². The zero-order valence-electron chi connectivity index (χ0n) is 15.9. The van der Waals surface area contributed by atoms with Crippen LogP contribution in [0.5, 0.6) is 5.75 Å². The Kier molecular flexibility index (Phi) is 5.24. The molecule has 3 fully saturated rings. The highest BCUT2D eigenvalue weighted by Gasteiger charge is 2.47. The number of nitrogens with one attached hydrogen (secondary N) is 2. The van der Waals surface area contributed by atoms with E-state index in [9.17, 15) is 31.5 Å². The van der Waals surface area contributed by atoms with Gasteiger partial charge in [0.25, 0.3) is 11.8 Å². The summed E-state index contributed by atoms with van der Waals surface area (Å²) in [5, 5.41) is 5.72. The molecule has 3 aliphatic rings. The molecule has 5 nitrogen and oxygen atoms in total. The molecule has 0 aromatic heterocycles. The van der Waals surface area contributed by atoms with E-state index < -0.39 is 48.6 Å². The number of rotatable bonds is 7. The van der Waals surface area contributed by atoms with Gasteiger partial charge in [-0.3, -0.25) is 4.79 Å². The Bertz CT molecular complexity index is 845. The van der Waals surface area contributed by atoms with E-state index in [4.69, 9.17) is 0 Å². The Morgan fingerprint density at radius 1 is 1.17 bits per heavy atom. The molecule has 2 atom stereocenters. The van der Waals surface area contributed by atoms with Crippen molar-refractivity contribution in [2.45, 2.75) is 62.2 Å². The third kappa shape index (κ3) is 4.74. The molecule has 0 spiro atoms. The van der Waals surface area contributed by atoms with E-state index in [1.54, 1.807) is 0 Å². The Morgan fingerprint density at radius 2 is 1.87 bits per heavy atom. The molecular formula is C20H21F5N2O3. The first-order valence-electron chi connectivity index (χ1n) is 9.87. The molecule has 0 aliphatic heterocycles. The lowest BCUT2D eigenvalue weighted by Gasteiger charge is -2.35. The zero-order valence-corrected chi connectivity index (χ0v) is 15.9. The number of hydrogen-bond donors (Lipinski definition) is 2. The van der Waals surface area contributed by atoms with E-state index in [0.717, 1.165) is 19.4 Å². The number of amides is 1. The van der Waals surface area contributed by atoms with Gasteiger partial charge < -0.3 is 15.4 Å². The van der Waals surface area contributed by atoms with E-state index in [-0.39, 0.29) is 17.5 Å². The van der Waals surface area contributed by atoms with E-state index in [2.05, 4.69) is 15.4 Å². The molecule has 1 aromatic carbocycles. The van der Waals surface area contributed by atoms with Crippen LogP contribution in [0, 0.1) is 5.92 Å². The number of para-hydroxylation sites is 1. The highest BCUT2D eigenvalue weighted by molar-refractivity contribution is 5.98. The van der Waals surface area contributed by atoms with Gasteiger partial charge in [-0.15, -0.1) is 0 Å². The molecule has 0 radical (unpaired) electrons. The fourth-order valence-corrected chi connectivity index (χ4v) is 3.72. The predicted octanol–water partition coefficient (Wildman–Crippen LogP) is 3.54. The second-order valence-electron chi connectivity index (χ2n) is 8.35. The molecular weight excluding hydrogens is 411 g/mol. The Balaban J connectivity index is 1.54. The average Bonchev–Trinajstić information content (AvgIpc) is 3.52. The zero-order chi connectivity index (χ0) is 21.7. The van der Waals surface area contributed by atoms with Gasteiger partial charge in [0.2, 0.25) is 0 Å². The quantitative estimate of drug-likeness (QED) is 0.393. The van der Waals surface area contributed by atoms with E-state index in [1.807, 2.05) is 0 Å². The van der Waals surface area contributed by atoms with Gasteiger partial charge in [-0.05, 0) is 37.8 Å². The van der Waals surface area contributed by atoms with Gasteiger partial charge >= 0.3 is 12.1 Å². The number of halogens is 5. The minimum Gasteiger partial charge on any atom is -0.419 e. The normalized spacial score (nSPS) is 25.4. The SMILES string of the molecule is O=C(NC1CC(F)(F)C1)c1cccc(C2CC2NCC2CC2)c1OC(=O)C(F)(F)F. The second-order valence-corrected chi connectivity index (χ2v) is 8.35. The van der Waals surface area contributed by atoms with Crippen LogP contribution in [0.1, 0.15) is 53.9 Å². The monoisotopic (exact) mass is 432 g/mol. The van der Waals surface area contributed by atoms with Crippen molar-refractivity contribution in [3.8, 4) is 5.75 Å². The molecule has 1 amide bonds. The number of carbonyl (C=O) groups excluding carboxylic acids is 2. The van der Waals surface area contributed by atoms with Crippen molar-refractivity contribution >= 4 is 11.9 Å². The van der Waals surface area contributed by atoms with Crippen LogP contribution >= 0.6 is 0 Å². The van der Waals surface area contributed by atoms with Gasteiger partial charge in [0.05, 0.1) is 5.56 Å². The first kappa shape index (κ1) is 21.0. The lowest BCUT2D eigenvalue weighted by atomic mass is 9.88.